The topological polar surface area (TPSA) is 32.6 Å². The lowest BCUT2D eigenvalue weighted by Gasteiger charge is -2.05. The maximum absolute atomic E-state index is 9.27. The lowest BCUT2D eigenvalue weighted by Crippen LogP contribution is -2.14. The van der Waals surface area contributed by atoms with Gasteiger partial charge in [0.1, 0.15) is 5.60 Å². The van der Waals surface area contributed by atoms with Gasteiger partial charge in [0.05, 0.1) is 6.54 Å². The quantitative estimate of drug-likeness (QED) is 0.540. The normalized spacial score (nSPS) is 11.6. The Bertz CT molecular complexity index is 271. The zero-order valence-electron chi connectivity index (χ0n) is 9.46. The van der Waals surface area contributed by atoms with Gasteiger partial charge in [-0.1, -0.05) is 32.3 Å². The van der Waals surface area contributed by atoms with Crippen molar-refractivity contribution in [1.82, 2.24) is 0 Å². The molecule has 1 N–H and O–H groups in total. The standard InChI is InChI=1S/C12H19NO/c1-10(2)11(3)9-13-8-6-7-12(4,5)14/h9-10,14H,3,8H2,1-2,4-5H3. The fourth-order valence-corrected chi connectivity index (χ4v) is 0.613. The van der Waals surface area contributed by atoms with Crippen LogP contribution in [0.25, 0.3) is 0 Å². The molecule has 0 aromatic heterocycles. The second-order valence-electron chi connectivity index (χ2n) is 4.06. The Kier molecular flexibility index (Phi) is 5.19. The summed E-state index contributed by atoms with van der Waals surface area (Å²) in [4.78, 5) is 4.09. The van der Waals surface area contributed by atoms with Crippen LogP contribution >= 0.6 is 0 Å². The van der Waals surface area contributed by atoms with Gasteiger partial charge < -0.3 is 5.11 Å². The summed E-state index contributed by atoms with van der Waals surface area (Å²) >= 11 is 0. The predicted molar refractivity (Wildman–Crippen MR) is 61.4 cm³/mol. The SMILES string of the molecule is C=C(C=NCC#CC(C)(C)O)C(C)C. The lowest BCUT2D eigenvalue weighted by molar-refractivity contribution is 0.143. The third-order valence-electron chi connectivity index (χ3n) is 1.56. The van der Waals surface area contributed by atoms with E-state index in [-0.39, 0.29) is 0 Å². The van der Waals surface area contributed by atoms with E-state index in [1.165, 1.54) is 0 Å². The van der Waals surface area contributed by atoms with Gasteiger partial charge in [0.2, 0.25) is 0 Å². The van der Waals surface area contributed by atoms with Crippen LogP contribution in [0.1, 0.15) is 27.7 Å². The molecule has 0 unspecified atom stereocenters. The summed E-state index contributed by atoms with van der Waals surface area (Å²) in [6.45, 7) is 11.7. The van der Waals surface area contributed by atoms with E-state index >= 15 is 0 Å². The minimum atomic E-state index is -0.926. The lowest BCUT2D eigenvalue weighted by atomic mass is 10.1. The number of hydrogen-bond donors (Lipinski definition) is 1. The van der Waals surface area contributed by atoms with E-state index in [0.717, 1.165) is 5.57 Å². The van der Waals surface area contributed by atoms with Crippen LogP contribution in [0.5, 0.6) is 0 Å². The first kappa shape index (κ1) is 12.9. The molecule has 0 bridgehead atoms. The van der Waals surface area contributed by atoms with Gasteiger partial charge in [-0.25, -0.2) is 0 Å². The molecule has 0 aliphatic carbocycles. The molecule has 0 spiro atoms. The highest BCUT2D eigenvalue weighted by molar-refractivity contribution is 5.78. The number of allylic oxidation sites excluding steroid dienone is 1. The van der Waals surface area contributed by atoms with E-state index in [0.29, 0.717) is 12.5 Å². The molecule has 0 fully saturated rings. The maximum atomic E-state index is 9.27. The summed E-state index contributed by atoms with van der Waals surface area (Å²) in [5.41, 5.74) is 0.0694. The zero-order chi connectivity index (χ0) is 11.2. The highest BCUT2D eigenvalue weighted by atomic mass is 16.3. The van der Waals surface area contributed by atoms with Crippen LogP contribution in [0.3, 0.4) is 0 Å². The smallest absolute Gasteiger partial charge is 0.120 e. The Labute approximate surface area is 86.8 Å². The van der Waals surface area contributed by atoms with E-state index < -0.39 is 5.60 Å². The Morgan fingerprint density at radius 2 is 2.14 bits per heavy atom. The zero-order valence-corrected chi connectivity index (χ0v) is 9.46. The second kappa shape index (κ2) is 5.62. The Balaban J connectivity index is 3.95. The van der Waals surface area contributed by atoms with Crippen molar-refractivity contribution in [1.29, 1.82) is 0 Å². The molecule has 0 amide bonds. The number of aliphatic imine (C=N–C) groups is 1. The summed E-state index contributed by atoms with van der Waals surface area (Å²) < 4.78 is 0. The van der Waals surface area contributed by atoms with Crippen molar-refractivity contribution in [2.75, 3.05) is 6.54 Å². The number of nitrogens with zero attached hydrogens (tertiary/aromatic N) is 1. The van der Waals surface area contributed by atoms with Crippen LogP contribution in [-0.4, -0.2) is 23.5 Å². The Hall–Kier alpha value is -1.07. The van der Waals surface area contributed by atoms with Crippen LogP contribution in [0.15, 0.2) is 17.1 Å². The van der Waals surface area contributed by atoms with E-state index in [2.05, 4.69) is 37.3 Å². The van der Waals surface area contributed by atoms with Crippen LogP contribution in [0.4, 0.5) is 0 Å². The van der Waals surface area contributed by atoms with Gasteiger partial charge in [-0.15, -0.1) is 0 Å². The van der Waals surface area contributed by atoms with Crippen molar-refractivity contribution in [2.45, 2.75) is 33.3 Å². The molecular formula is C12H19NO. The minimum absolute atomic E-state index is 0.412. The summed E-state index contributed by atoms with van der Waals surface area (Å²) in [7, 11) is 0. The average molecular weight is 193 g/mol. The van der Waals surface area contributed by atoms with Gasteiger partial charge in [0.15, 0.2) is 0 Å². The van der Waals surface area contributed by atoms with Crippen molar-refractivity contribution >= 4 is 6.21 Å². The van der Waals surface area contributed by atoms with Crippen LogP contribution < -0.4 is 0 Å². The molecule has 0 aliphatic rings. The molecule has 0 aliphatic heterocycles. The van der Waals surface area contributed by atoms with Crippen molar-refractivity contribution < 1.29 is 5.11 Å². The predicted octanol–water partition coefficient (Wildman–Crippen LogP) is 2.04. The number of hydrogen-bond acceptors (Lipinski definition) is 2. The third kappa shape index (κ3) is 7.57. The second-order valence-corrected chi connectivity index (χ2v) is 4.06. The van der Waals surface area contributed by atoms with Crippen molar-refractivity contribution in [3.63, 3.8) is 0 Å². The maximum Gasteiger partial charge on any atom is 0.120 e. The molecule has 0 rings (SSSR count). The first-order valence-electron chi connectivity index (χ1n) is 4.74. The molecule has 0 saturated heterocycles. The molecule has 0 atom stereocenters. The van der Waals surface area contributed by atoms with Gasteiger partial charge in [-0.05, 0) is 25.3 Å². The average Bonchev–Trinajstić information content (AvgIpc) is 2.01. The number of aliphatic hydroxyl groups is 1. The largest absolute Gasteiger partial charge is 0.378 e. The van der Waals surface area contributed by atoms with E-state index in [1.54, 1.807) is 20.1 Å². The van der Waals surface area contributed by atoms with Gasteiger partial charge in [0.25, 0.3) is 0 Å². The fourth-order valence-electron chi connectivity index (χ4n) is 0.613. The van der Waals surface area contributed by atoms with Gasteiger partial charge >= 0.3 is 0 Å². The van der Waals surface area contributed by atoms with E-state index in [9.17, 15) is 5.11 Å². The van der Waals surface area contributed by atoms with E-state index in [4.69, 9.17) is 0 Å². The summed E-state index contributed by atoms with van der Waals surface area (Å²) in [5.74, 6) is 5.89. The first-order chi connectivity index (χ1) is 6.33. The van der Waals surface area contributed by atoms with Crippen molar-refractivity contribution in [2.24, 2.45) is 10.9 Å². The van der Waals surface area contributed by atoms with Gasteiger partial charge in [-0.2, -0.15) is 0 Å². The molecular weight excluding hydrogens is 174 g/mol. The van der Waals surface area contributed by atoms with E-state index in [1.807, 2.05) is 0 Å². The minimum Gasteiger partial charge on any atom is -0.378 e. The summed E-state index contributed by atoms with van der Waals surface area (Å²) in [6, 6.07) is 0. The van der Waals surface area contributed by atoms with Gasteiger partial charge in [0, 0.05) is 6.21 Å². The summed E-state index contributed by atoms with van der Waals surface area (Å²) in [6.07, 6.45) is 1.74. The molecule has 2 nitrogen and oxygen atoms in total. The Morgan fingerprint density at radius 3 is 2.57 bits per heavy atom. The van der Waals surface area contributed by atoms with Crippen molar-refractivity contribution in [3.05, 3.63) is 12.2 Å². The molecule has 0 saturated carbocycles. The highest BCUT2D eigenvalue weighted by Gasteiger charge is 2.04. The third-order valence-corrected chi connectivity index (χ3v) is 1.56. The van der Waals surface area contributed by atoms with Crippen LogP contribution in [-0.2, 0) is 0 Å². The molecule has 0 aromatic carbocycles. The fraction of sp³-hybridized carbons (Fsp3) is 0.583. The molecule has 14 heavy (non-hydrogen) atoms. The van der Waals surface area contributed by atoms with Crippen molar-refractivity contribution in [3.8, 4) is 11.8 Å². The molecule has 78 valence electrons. The van der Waals surface area contributed by atoms with Crippen LogP contribution in [0, 0.1) is 17.8 Å². The van der Waals surface area contributed by atoms with Crippen LogP contribution in [0.2, 0.25) is 0 Å². The molecule has 0 radical (unpaired) electrons. The first-order valence-corrected chi connectivity index (χ1v) is 4.74. The highest BCUT2D eigenvalue weighted by Crippen LogP contribution is 2.02. The number of rotatable bonds is 3. The monoisotopic (exact) mass is 193 g/mol. The molecule has 0 aromatic rings. The van der Waals surface area contributed by atoms with Gasteiger partial charge in [-0.3, -0.25) is 4.99 Å². The summed E-state index contributed by atoms with van der Waals surface area (Å²) in [5, 5.41) is 9.27. The molecule has 0 heterocycles. The Morgan fingerprint density at radius 1 is 1.57 bits per heavy atom. The molecule has 2 heteroatoms.